The number of carbonyl (C=O) groups is 1. The van der Waals surface area contributed by atoms with E-state index >= 15 is 0 Å². The maximum atomic E-state index is 10.2. The molecule has 0 rings (SSSR count). The first-order valence-electron chi connectivity index (χ1n) is 4.24. The number of carboxylic acid groups (broad SMARTS) is 1. The van der Waals surface area contributed by atoms with Gasteiger partial charge in [-0.3, -0.25) is 0 Å². The average molecular weight is 168 g/mol. The van der Waals surface area contributed by atoms with E-state index in [0.29, 0.717) is 0 Å². The molecule has 0 fully saturated rings. The Morgan fingerprint density at radius 2 is 2.17 bits per heavy atom. The quantitative estimate of drug-likeness (QED) is 0.389. The molecule has 0 radical (unpaired) electrons. The highest BCUT2D eigenvalue weighted by Gasteiger charge is 1.88. The molecule has 1 N–H and O–H groups in total. The molecule has 0 heterocycles. The van der Waals surface area contributed by atoms with Gasteiger partial charge in [-0.15, -0.1) is 0 Å². The monoisotopic (exact) mass is 168 g/mol. The summed E-state index contributed by atoms with van der Waals surface area (Å²) in [5.41, 5.74) is 0.790. The molecule has 0 aliphatic carbocycles. The van der Waals surface area contributed by atoms with E-state index in [9.17, 15) is 4.79 Å². The Morgan fingerprint density at radius 1 is 1.50 bits per heavy atom. The van der Waals surface area contributed by atoms with Gasteiger partial charge in [-0.25, -0.2) is 4.79 Å². The lowest BCUT2D eigenvalue weighted by atomic mass is 10.2. The second-order valence-corrected chi connectivity index (χ2v) is 2.77. The molecule has 68 valence electrons. The summed E-state index contributed by atoms with van der Waals surface area (Å²) < 4.78 is 0. The fraction of sp³-hybridized carbons (Fsp3) is 0.500. The van der Waals surface area contributed by atoms with Crippen LogP contribution < -0.4 is 0 Å². The van der Waals surface area contributed by atoms with E-state index in [4.69, 9.17) is 5.11 Å². The molecule has 0 aromatic carbocycles. The molecule has 0 unspecified atom stereocenters. The lowest BCUT2D eigenvalue weighted by molar-refractivity contribution is -0.131. The molecule has 0 amide bonds. The summed E-state index contributed by atoms with van der Waals surface area (Å²) >= 11 is 0. The summed E-state index contributed by atoms with van der Waals surface area (Å²) in [4.78, 5) is 10.2. The molecule has 0 atom stereocenters. The number of allylic oxidation sites excluding steroid dienone is 3. The van der Waals surface area contributed by atoms with Crippen LogP contribution in [0.2, 0.25) is 0 Å². The molecular weight excluding hydrogens is 152 g/mol. The van der Waals surface area contributed by atoms with Crippen molar-refractivity contribution in [3.63, 3.8) is 0 Å². The number of hydrogen-bond acceptors (Lipinski definition) is 1. The summed E-state index contributed by atoms with van der Waals surface area (Å²) in [7, 11) is 0. The Hall–Kier alpha value is -1.05. The summed E-state index contributed by atoms with van der Waals surface area (Å²) in [6.07, 6.45) is 8.44. The highest BCUT2D eigenvalue weighted by atomic mass is 16.4. The third-order valence-corrected chi connectivity index (χ3v) is 1.46. The van der Waals surface area contributed by atoms with Gasteiger partial charge < -0.3 is 5.11 Å². The van der Waals surface area contributed by atoms with Crippen molar-refractivity contribution < 1.29 is 9.90 Å². The standard InChI is InChI=1S/C10H16O2/c1-3-4-5-6-7-9(2)8-10(11)12/h6-8H,3-5H2,1-2H3,(H,11,12)/b7-6?,9-8-. The second-order valence-electron chi connectivity index (χ2n) is 2.77. The molecule has 0 saturated carbocycles. The lowest BCUT2D eigenvalue weighted by Gasteiger charge is -1.90. The Morgan fingerprint density at radius 3 is 2.67 bits per heavy atom. The minimum atomic E-state index is -0.882. The molecule has 12 heavy (non-hydrogen) atoms. The van der Waals surface area contributed by atoms with Crippen molar-refractivity contribution in [3.05, 3.63) is 23.8 Å². The highest BCUT2D eigenvalue weighted by molar-refractivity contribution is 5.81. The number of rotatable bonds is 5. The van der Waals surface area contributed by atoms with Gasteiger partial charge in [0.15, 0.2) is 0 Å². The number of hydrogen-bond donors (Lipinski definition) is 1. The van der Waals surface area contributed by atoms with Crippen molar-refractivity contribution in [1.82, 2.24) is 0 Å². The van der Waals surface area contributed by atoms with Crippen LogP contribution in [0, 0.1) is 0 Å². The molecule has 0 aromatic rings. The maximum absolute atomic E-state index is 10.2. The van der Waals surface area contributed by atoms with E-state index < -0.39 is 5.97 Å². The zero-order valence-corrected chi connectivity index (χ0v) is 7.71. The van der Waals surface area contributed by atoms with Crippen molar-refractivity contribution in [2.45, 2.75) is 33.1 Å². The van der Waals surface area contributed by atoms with Crippen LogP contribution >= 0.6 is 0 Å². The SMILES string of the molecule is CCCCC=C/C(C)=C\C(=O)O. The topological polar surface area (TPSA) is 37.3 Å². The minimum absolute atomic E-state index is 0.790. The smallest absolute Gasteiger partial charge is 0.328 e. The fourth-order valence-corrected chi connectivity index (χ4v) is 0.834. The summed E-state index contributed by atoms with van der Waals surface area (Å²) in [5.74, 6) is -0.882. The Balaban J connectivity index is 3.74. The normalized spacial score (nSPS) is 12.3. The van der Waals surface area contributed by atoms with E-state index in [1.165, 1.54) is 12.5 Å². The fourth-order valence-electron chi connectivity index (χ4n) is 0.834. The van der Waals surface area contributed by atoms with Gasteiger partial charge in [0.1, 0.15) is 0 Å². The molecule has 2 nitrogen and oxygen atoms in total. The Labute approximate surface area is 73.6 Å². The molecule has 0 spiro atoms. The van der Waals surface area contributed by atoms with E-state index in [0.717, 1.165) is 18.4 Å². The average Bonchev–Trinajstić information content (AvgIpc) is 1.97. The zero-order valence-electron chi connectivity index (χ0n) is 7.71. The van der Waals surface area contributed by atoms with Crippen LogP contribution in [0.4, 0.5) is 0 Å². The summed E-state index contributed by atoms with van der Waals surface area (Å²) in [5, 5.41) is 8.38. The van der Waals surface area contributed by atoms with Gasteiger partial charge >= 0.3 is 5.97 Å². The molecule has 0 aromatic heterocycles. The molecule has 0 bridgehead atoms. The van der Waals surface area contributed by atoms with Gasteiger partial charge in [0.05, 0.1) is 0 Å². The van der Waals surface area contributed by atoms with Gasteiger partial charge in [0.2, 0.25) is 0 Å². The van der Waals surface area contributed by atoms with Crippen LogP contribution in [-0.2, 0) is 4.79 Å². The third-order valence-electron chi connectivity index (χ3n) is 1.46. The number of carboxylic acids is 1. The second kappa shape index (κ2) is 6.65. The van der Waals surface area contributed by atoms with E-state index in [-0.39, 0.29) is 0 Å². The Kier molecular flexibility index (Phi) is 6.07. The Bertz CT molecular complexity index is 190. The predicted octanol–water partition coefficient (Wildman–Crippen LogP) is 2.76. The first-order valence-corrected chi connectivity index (χ1v) is 4.24. The molecule has 0 aliphatic rings. The van der Waals surface area contributed by atoms with Crippen molar-refractivity contribution >= 4 is 5.97 Å². The molecular formula is C10H16O2. The molecule has 2 heteroatoms. The van der Waals surface area contributed by atoms with Crippen molar-refractivity contribution in [3.8, 4) is 0 Å². The van der Waals surface area contributed by atoms with Crippen LogP contribution in [0.15, 0.2) is 23.8 Å². The molecule has 0 aliphatic heterocycles. The number of unbranched alkanes of at least 4 members (excludes halogenated alkanes) is 2. The van der Waals surface area contributed by atoms with Crippen LogP contribution in [0.25, 0.3) is 0 Å². The van der Waals surface area contributed by atoms with Gasteiger partial charge in [-0.05, 0) is 18.9 Å². The van der Waals surface area contributed by atoms with E-state index in [1.807, 2.05) is 12.2 Å². The van der Waals surface area contributed by atoms with Crippen LogP contribution in [0.1, 0.15) is 33.1 Å². The predicted molar refractivity (Wildman–Crippen MR) is 50.1 cm³/mol. The third kappa shape index (κ3) is 7.06. The van der Waals surface area contributed by atoms with Crippen LogP contribution in [0.5, 0.6) is 0 Å². The maximum Gasteiger partial charge on any atom is 0.328 e. The van der Waals surface area contributed by atoms with Crippen molar-refractivity contribution in [1.29, 1.82) is 0 Å². The van der Waals surface area contributed by atoms with E-state index in [2.05, 4.69) is 6.92 Å². The van der Waals surface area contributed by atoms with Gasteiger partial charge in [0.25, 0.3) is 0 Å². The van der Waals surface area contributed by atoms with E-state index in [1.54, 1.807) is 6.92 Å². The lowest BCUT2D eigenvalue weighted by Crippen LogP contribution is -1.87. The minimum Gasteiger partial charge on any atom is -0.478 e. The zero-order chi connectivity index (χ0) is 9.40. The highest BCUT2D eigenvalue weighted by Crippen LogP contribution is 1.99. The number of aliphatic carboxylic acids is 1. The van der Waals surface area contributed by atoms with Gasteiger partial charge in [0, 0.05) is 6.08 Å². The summed E-state index contributed by atoms with van der Waals surface area (Å²) in [6.45, 7) is 3.92. The first kappa shape index (κ1) is 11.0. The van der Waals surface area contributed by atoms with Gasteiger partial charge in [-0.2, -0.15) is 0 Å². The first-order chi connectivity index (χ1) is 5.66. The van der Waals surface area contributed by atoms with Crippen LogP contribution in [0.3, 0.4) is 0 Å². The van der Waals surface area contributed by atoms with Gasteiger partial charge in [-0.1, -0.05) is 31.9 Å². The van der Waals surface area contributed by atoms with Crippen molar-refractivity contribution in [2.24, 2.45) is 0 Å². The van der Waals surface area contributed by atoms with Crippen LogP contribution in [-0.4, -0.2) is 11.1 Å². The summed E-state index contributed by atoms with van der Waals surface area (Å²) in [6, 6.07) is 0. The van der Waals surface area contributed by atoms with Crippen molar-refractivity contribution in [2.75, 3.05) is 0 Å². The largest absolute Gasteiger partial charge is 0.478 e. The molecule has 0 saturated heterocycles.